The predicted molar refractivity (Wildman–Crippen MR) is 94.1 cm³/mol. The number of rotatable bonds is 6. The standard InChI is InChI=1S/C20H27FN2O2/c21-18-8-6-16(7-9-18)13-23-14-17(11-20(23)25)12-22-19(24)10-15-4-2-1-3-5-15/h6-9,15,17H,1-5,10-14H2,(H,22,24)/t17-/m1/s1. The summed E-state index contributed by atoms with van der Waals surface area (Å²) in [5.74, 6) is 0.666. The van der Waals surface area contributed by atoms with Crippen molar-refractivity contribution >= 4 is 11.8 Å². The summed E-state index contributed by atoms with van der Waals surface area (Å²) in [6.07, 6.45) is 7.22. The molecule has 1 atom stereocenters. The van der Waals surface area contributed by atoms with Crippen LogP contribution in [0, 0.1) is 17.7 Å². The summed E-state index contributed by atoms with van der Waals surface area (Å²) in [5.41, 5.74) is 0.928. The molecule has 136 valence electrons. The molecule has 3 rings (SSSR count). The first-order valence-corrected chi connectivity index (χ1v) is 9.39. The minimum absolute atomic E-state index is 0.107. The quantitative estimate of drug-likeness (QED) is 0.859. The molecular weight excluding hydrogens is 319 g/mol. The van der Waals surface area contributed by atoms with E-state index in [2.05, 4.69) is 5.32 Å². The molecule has 1 N–H and O–H groups in total. The first kappa shape index (κ1) is 17.9. The number of benzene rings is 1. The Bertz CT molecular complexity index is 596. The highest BCUT2D eigenvalue weighted by atomic mass is 19.1. The van der Waals surface area contributed by atoms with Gasteiger partial charge in [0.1, 0.15) is 5.82 Å². The number of hydrogen-bond acceptors (Lipinski definition) is 2. The third kappa shape index (κ3) is 5.28. The monoisotopic (exact) mass is 346 g/mol. The SMILES string of the molecule is O=C(CC1CCCCC1)NC[C@H]1CC(=O)N(Cc2ccc(F)cc2)C1. The molecule has 2 amide bonds. The Labute approximate surface area is 148 Å². The predicted octanol–water partition coefficient (Wildman–Crippen LogP) is 3.26. The summed E-state index contributed by atoms with van der Waals surface area (Å²) in [6, 6.07) is 6.25. The van der Waals surface area contributed by atoms with Gasteiger partial charge in [0.05, 0.1) is 0 Å². The van der Waals surface area contributed by atoms with Crippen molar-refractivity contribution in [3.63, 3.8) is 0 Å². The van der Waals surface area contributed by atoms with Crippen LogP contribution in [0.3, 0.4) is 0 Å². The van der Waals surface area contributed by atoms with Gasteiger partial charge in [0.15, 0.2) is 0 Å². The number of carbonyl (C=O) groups is 2. The van der Waals surface area contributed by atoms with Crippen LogP contribution in [-0.2, 0) is 16.1 Å². The van der Waals surface area contributed by atoms with E-state index in [0.29, 0.717) is 38.4 Å². The van der Waals surface area contributed by atoms with Gasteiger partial charge in [-0.1, -0.05) is 31.4 Å². The Morgan fingerprint density at radius 3 is 2.56 bits per heavy atom. The van der Waals surface area contributed by atoms with E-state index in [-0.39, 0.29) is 23.5 Å². The van der Waals surface area contributed by atoms with E-state index in [1.54, 1.807) is 17.0 Å². The molecule has 1 aliphatic carbocycles. The molecule has 1 aromatic carbocycles. The summed E-state index contributed by atoms with van der Waals surface area (Å²) < 4.78 is 13.0. The van der Waals surface area contributed by atoms with Gasteiger partial charge in [0, 0.05) is 38.4 Å². The van der Waals surface area contributed by atoms with Crippen LogP contribution in [0.15, 0.2) is 24.3 Å². The number of amides is 2. The van der Waals surface area contributed by atoms with Crippen LogP contribution < -0.4 is 5.32 Å². The zero-order valence-electron chi connectivity index (χ0n) is 14.7. The minimum Gasteiger partial charge on any atom is -0.356 e. The maximum atomic E-state index is 13.0. The topological polar surface area (TPSA) is 49.4 Å². The van der Waals surface area contributed by atoms with Gasteiger partial charge in [-0.05, 0) is 36.5 Å². The van der Waals surface area contributed by atoms with Gasteiger partial charge < -0.3 is 10.2 Å². The fourth-order valence-corrected chi connectivity index (χ4v) is 3.94. The van der Waals surface area contributed by atoms with Crippen LogP contribution in [0.1, 0.15) is 50.5 Å². The number of likely N-dealkylation sites (tertiary alicyclic amines) is 1. The summed E-state index contributed by atoms with van der Waals surface area (Å²) in [5, 5.41) is 3.02. The third-order valence-corrected chi connectivity index (χ3v) is 5.37. The van der Waals surface area contributed by atoms with Gasteiger partial charge >= 0.3 is 0 Å². The largest absolute Gasteiger partial charge is 0.356 e. The van der Waals surface area contributed by atoms with Crippen LogP contribution in [0.5, 0.6) is 0 Å². The second kappa shape index (κ2) is 8.45. The number of nitrogens with one attached hydrogen (secondary N) is 1. The molecule has 1 heterocycles. The molecule has 1 saturated heterocycles. The molecule has 2 fully saturated rings. The molecule has 1 aliphatic heterocycles. The zero-order valence-corrected chi connectivity index (χ0v) is 14.7. The first-order chi connectivity index (χ1) is 12.1. The van der Waals surface area contributed by atoms with Gasteiger partial charge in [0.2, 0.25) is 11.8 Å². The Morgan fingerprint density at radius 2 is 1.84 bits per heavy atom. The van der Waals surface area contributed by atoms with Crippen molar-refractivity contribution in [1.29, 1.82) is 0 Å². The smallest absolute Gasteiger partial charge is 0.223 e. The molecule has 0 spiro atoms. The van der Waals surface area contributed by atoms with Gasteiger partial charge in [-0.15, -0.1) is 0 Å². The molecule has 0 unspecified atom stereocenters. The van der Waals surface area contributed by atoms with Crippen molar-refractivity contribution in [3.05, 3.63) is 35.6 Å². The number of halogens is 1. The lowest BCUT2D eigenvalue weighted by molar-refractivity contribution is -0.128. The zero-order chi connectivity index (χ0) is 17.6. The molecular formula is C20H27FN2O2. The maximum absolute atomic E-state index is 13.0. The molecule has 0 aromatic heterocycles. The second-order valence-electron chi connectivity index (χ2n) is 7.48. The van der Waals surface area contributed by atoms with Crippen LogP contribution in [0.2, 0.25) is 0 Å². The average Bonchev–Trinajstić information content (AvgIpc) is 2.96. The number of nitrogens with zero attached hydrogens (tertiary/aromatic N) is 1. The molecule has 0 bridgehead atoms. The summed E-state index contributed by atoms with van der Waals surface area (Å²) in [6.45, 7) is 1.72. The maximum Gasteiger partial charge on any atom is 0.223 e. The van der Waals surface area contributed by atoms with Crippen molar-refractivity contribution in [2.45, 2.75) is 51.5 Å². The van der Waals surface area contributed by atoms with Gasteiger partial charge in [-0.3, -0.25) is 9.59 Å². The van der Waals surface area contributed by atoms with Crippen molar-refractivity contribution in [2.24, 2.45) is 11.8 Å². The van der Waals surface area contributed by atoms with Crippen LogP contribution >= 0.6 is 0 Å². The molecule has 5 heteroatoms. The number of hydrogen-bond donors (Lipinski definition) is 1. The van der Waals surface area contributed by atoms with E-state index in [4.69, 9.17) is 0 Å². The molecule has 4 nitrogen and oxygen atoms in total. The van der Waals surface area contributed by atoms with E-state index in [1.165, 1.54) is 44.2 Å². The van der Waals surface area contributed by atoms with Crippen LogP contribution in [-0.4, -0.2) is 29.8 Å². The van der Waals surface area contributed by atoms with E-state index in [0.717, 1.165) is 5.56 Å². The first-order valence-electron chi connectivity index (χ1n) is 9.39. The Morgan fingerprint density at radius 1 is 1.12 bits per heavy atom. The lowest BCUT2D eigenvalue weighted by Crippen LogP contribution is -2.32. The average molecular weight is 346 g/mol. The third-order valence-electron chi connectivity index (χ3n) is 5.37. The van der Waals surface area contributed by atoms with Crippen molar-refractivity contribution in [3.8, 4) is 0 Å². The molecule has 0 radical (unpaired) electrons. The van der Waals surface area contributed by atoms with E-state index in [1.807, 2.05) is 0 Å². The molecule has 25 heavy (non-hydrogen) atoms. The lowest BCUT2D eigenvalue weighted by Gasteiger charge is -2.21. The summed E-state index contributed by atoms with van der Waals surface area (Å²) >= 11 is 0. The van der Waals surface area contributed by atoms with Crippen LogP contribution in [0.25, 0.3) is 0 Å². The van der Waals surface area contributed by atoms with E-state index < -0.39 is 0 Å². The van der Waals surface area contributed by atoms with E-state index >= 15 is 0 Å². The fourth-order valence-electron chi connectivity index (χ4n) is 3.94. The van der Waals surface area contributed by atoms with Crippen molar-refractivity contribution in [2.75, 3.05) is 13.1 Å². The summed E-state index contributed by atoms with van der Waals surface area (Å²) in [7, 11) is 0. The highest BCUT2D eigenvalue weighted by Crippen LogP contribution is 2.26. The van der Waals surface area contributed by atoms with Gasteiger partial charge in [-0.2, -0.15) is 0 Å². The normalized spacial score (nSPS) is 21.6. The van der Waals surface area contributed by atoms with Crippen LogP contribution in [0.4, 0.5) is 4.39 Å². The molecule has 1 saturated carbocycles. The summed E-state index contributed by atoms with van der Waals surface area (Å²) in [4.78, 5) is 26.1. The Balaban J connectivity index is 1.41. The Hall–Kier alpha value is -1.91. The minimum atomic E-state index is -0.268. The molecule has 1 aromatic rings. The van der Waals surface area contributed by atoms with Crippen molar-refractivity contribution in [1.82, 2.24) is 10.2 Å². The fraction of sp³-hybridized carbons (Fsp3) is 0.600. The number of carbonyl (C=O) groups excluding carboxylic acids is 2. The lowest BCUT2D eigenvalue weighted by atomic mass is 9.87. The van der Waals surface area contributed by atoms with E-state index in [9.17, 15) is 14.0 Å². The molecule has 2 aliphatic rings. The van der Waals surface area contributed by atoms with Crippen molar-refractivity contribution < 1.29 is 14.0 Å². The highest BCUT2D eigenvalue weighted by Gasteiger charge is 2.29. The van der Waals surface area contributed by atoms with Gasteiger partial charge in [-0.25, -0.2) is 4.39 Å². The second-order valence-corrected chi connectivity index (χ2v) is 7.48. The van der Waals surface area contributed by atoms with Gasteiger partial charge in [0.25, 0.3) is 0 Å². The highest BCUT2D eigenvalue weighted by molar-refractivity contribution is 5.79. The Kier molecular flexibility index (Phi) is 6.05.